The number of urea groups is 1. The fourth-order valence-corrected chi connectivity index (χ4v) is 3.01. The Bertz CT molecular complexity index is 766. The lowest BCUT2D eigenvalue weighted by Gasteiger charge is -2.19. The monoisotopic (exact) mass is 390 g/mol. The Morgan fingerprint density at radius 2 is 1.74 bits per heavy atom. The third-order valence-corrected chi connectivity index (χ3v) is 4.33. The van der Waals surface area contributed by atoms with E-state index in [9.17, 15) is 9.59 Å². The molecule has 0 radical (unpaired) electrons. The summed E-state index contributed by atoms with van der Waals surface area (Å²) in [6, 6.07) is 6.56. The molecule has 0 aliphatic heterocycles. The van der Waals surface area contributed by atoms with Crippen LogP contribution in [0.1, 0.15) is 37.9 Å². The van der Waals surface area contributed by atoms with Crippen molar-refractivity contribution in [2.45, 2.75) is 46.1 Å². The van der Waals surface area contributed by atoms with Crippen molar-refractivity contribution in [1.29, 1.82) is 0 Å². The molecule has 1 aromatic carbocycles. The molecule has 2 aromatic rings. The number of ether oxygens (including phenoxy) is 1. The maximum Gasteiger partial charge on any atom is 0.412 e. The summed E-state index contributed by atoms with van der Waals surface area (Å²) in [5.74, 6) is 0. The van der Waals surface area contributed by atoms with Gasteiger partial charge in [-0.25, -0.2) is 14.6 Å². The van der Waals surface area contributed by atoms with Crippen molar-refractivity contribution < 1.29 is 14.3 Å². The van der Waals surface area contributed by atoms with Gasteiger partial charge in [0, 0.05) is 35.4 Å². The minimum Gasteiger partial charge on any atom is -0.444 e. The van der Waals surface area contributed by atoms with Crippen LogP contribution in [0.25, 0.3) is 0 Å². The molecule has 146 valence electrons. The normalized spacial score (nSPS) is 11.0. The number of amides is 3. The van der Waals surface area contributed by atoms with Crippen molar-refractivity contribution in [2.75, 3.05) is 17.2 Å². The lowest BCUT2D eigenvalue weighted by Crippen LogP contribution is -2.29. The lowest BCUT2D eigenvalue weighted by atomic mass is 10.2. The molecule has 0 fully saturated rings. The summed E-state index contributed by atoms with van der Waals surface area (Å²) < 4.78 is 5.19. The first-order chi connectivity index (χ1) is 12.7. The molecule has 1 heterocycles. The molecule has 3 N–H and O–H groups in total. The van der Waals surface area contributed by atoms with Crippen LogP contribution in [0.4, 0.5) is 21.0 Å². The van der Waals surface area contributed by atoms with Crippen molar-refractivity contribution in [3.05, 3.63) is 40.3 Å². The SMILES string of the molecule is Cc1csc(CCCNC(=O)Nc2ccc(NC(=O)OC(C)(C)C)cc2)n1. The first-order valence-electron chi connectivity index (χ1n) is 8.77. The lowest BCUT2D eigenvalue weighted by molar-refractivity contribution is 0.0636. The molecule has 0 aliphatic rings. The molecule has 0 saturated carbocycles. The topological polar surface area (TPSA) is 92.4 Å². The highest BCUT2D eigenvalue weighted by atomic mass is 32.1. The largest absolute Gasteiger partial charge is 0.444 e. The standard InChI is InChI=1S/C19H26N4O3S/c1-13-12-27-16(21-13)6-5-11-20-17(24)22-14-7-9-15(10-8-14)23-18(25)26-19(2,3)4/h7-10,12H,5-6,11H2,1-4H3,(H,23,25)(H2,20,22,24). The quantitative estimate of drug-likeness (QED) is 0.631. The van der Waals surface area contributed by atoms with E-state index in [0.29, 0.717) is 17.9 Å². The second kappa shape index (κ2) is 9.36. The zero-order chi connectivity index (χ0) is 19.9. The summed E-state index contributed by atoms with van der Waals surface area (Å²) in [6.07, 6.45) is 1.17. The van der Waals surface area contributed by atoms with Gasteiger partial charge in [-0.1, -0.05) is 0 Å². The second-order valence-electron chi connectivity index (χ2n) is 7.07. The number of carbonyl (C=O) groups excluding carboxylic acids is 2. The molecule has 3 amide bonds. The van der Waals surface area contributed by atoms with Crippen LogP contribution in [-0.2, 0) is 11.2 Å². The molecular formula is C19H26N4O3S. The molecule has 0 bridgehead atoms. The number of benzene rings is 1. The highest BCUT2D eigenvalue weighted by Gasteiger charge is 2.16. The Morgan fingerprint density at radius 3 is 2.30 bits per heavy atom. The van der Waals surface area contributed by atoms with Crippen molar-refractivity contribution in [3.63, 3.8) is 0 Å². The van der Waals surface area contributed by atoms with Gasteiger partial charge in [0.25, 0.3) is 0 Å². The predicted octanol–water partition coefficient (Wildman–Crippen LogP) is 4.55. The van der Waals surface area contributed by atoms with E-state index in [1.54, 1.807) is 56.4 Å². The first kappa shape index (κ1) is 20.7. The number of nitrogens with one attached hydrogen (secondary N) is 3. The Hall–Kier alpha value is -2.61. The molecule has 0 atom stereocenters. The molecule has 0 spiro atoms. The Kier molecular flexibility index (Phi) is 7.18. The molecule has 7 nitrogen and oxygen atoms in total. The molecule has 0 unspecified atom stereocenters. The van der Waals surface area contributed by atoms with E-state index >= 15 is 0 Å². The smallest absolute Gasteiger partial charge is 0.412 e. The second-order valence-corrected chi connectivity index (χ2v) is 8.01. The van der Waals surface area contributed by atoms with E-state index in [1.807, 2.05) is 12.3 Å². The van der Waals surface area contributed by atoms with E-state index in [-0.39, 0.29) is 6.03 Å². The fraction of sp³-hybridized carbons (Fsp3) is 0.421. The van der Waals surface area contributed by atoms with Crippen LogP contribution < -0.4 is 16.0 Å². The van der Waals surface area contributed by atoms with Crippen molar-refractivity contribution >= 4 is 34.8 Å². The van der Waals surface area contributed by atoms with Gasteiger partial charge in [-0.2, -0.15) is 0 Å². The first-order valence-corrected chi connectivity index (χ1v) is 9.65. The van der Waals surface area contributed by atoms with Crippen molar-refractivity contribution in [3.8, 4) is 0 Å². The van der Waals surface area contributed by atoms with E-state index in [4.69, 9.17) is 4.74 Å². The molecule has 27 heavy (non-hydrogen) atoms. The number of hydrogen-bond donors (Lipinski definition) is 3. The van der Waals surface area contributed by atoms with Gasteiger partial charge in [0.15, 0.2) is 0 Å². The number of rotatable bonds is 6. The Labute approximate surface area is 163 Å². The van der Waals surface area contributed by atoms with Gasteiger partial charge in [0.05, 0.1) is 5.01 Å². The van der Waals surface area contributed by atoms with Crippen LogP contribution >= 0.6 is 11.3 Å². The number of aryl methyl sites for hydroxylation is 2. The number of nitrogens with zero attached hydrogens (tertiary/aromatic N) is 1. The van der Waals surface area contributed by atoms with Crippen molar-refractivity contribution in [1.82, 2.24) is 10.3 Å². The maximum absolute atomic E-state index is 11.9. The molecule has 0 saturated heterocycles. The number of carbonyl (C=O) groups is 2. The molecule has 1 aromatic heterocycles. The van der Waals surface area contributed by atoms with E-state index in [2.05, 4.69) is 20.9 Å². The predicted molar refractivity (Wildman–Crippen MR) is 108 cm³/mol. The van der Waals surface area contributed by atoms with Crippen LogP contribution in [0.3, 0.4) is 0 Å². The van der Waals surface area contributed by atoms with Crippen molar-refractivity contribution in [2.24, 2.45) is 0 Å². The average molecular weight is 391 g/mol. The van der Waals surface area contributed by atoms with Gasteiger partial charge in [-0.15, -0.1) is 11.3 Å². The van der Waals surface area contributed by atoms with Crippen LogP contribution in [0.5, 0.6) is 0 Å². The van der Waals surface area contributed by atoms with Gasteiger partial charge in [-0.3, -0.25) is 5.32 Å². The summed E-state index contributed by atoms with van der Waals surface area (Å²) in [4.78, 5) is 28.0. The van der Waals surface area contributed by atoms with Gasteiger partial charge < -0.3 is 15.4 Å². The summed E-state index contributed by atoms with van der Waals surface area (Å²) in [5.41, 5.74) is 1.71. The van der Waals surface area contributed by atoms with E-state index < -0.39 is 11.7 Å². The number of thiazole rings is 1. The third kappa shape index (κ3) is 8.08. The highest BCUT2D eigenvalue weighted by Crippen LogP contribution is 2.15. The third-order valence-electron chi connectivity index (χ3n) is 3.31. The number of anilines is 2. The minimum absolute atomic E-state index is 0.266. The Morgan fingerprint density at radius 1 is 1.11 bits per heavy atom. The minimum atomic E-state index is -0.554. The number of aromatic nitrogens is 1. The van der Waals surface area contributed by atoms with E-state index in [0.717, 1.165) is 23.5 Å². The van der Waals surface area contributed by atoms with Crippen LogP contribution in [0, 0.1) is 6.92 Å². The average Bonchev–Trinajstić information content (AvgIpc) is 2.97. The van der Waals surface area contributed by atoms with Gasteiger partial charge in [-0.05, 0) is 58.4 Å². The summed E-state index contributed by atoms with van der Waals surface area (Å²) >= 11 is 1.64. The highest BCUT2D eigenvalue weighted by molar-refractivity contribution is 7.09. The van der Waals surface area contributed by atoms with Crippen LogP contribution in [-0.4, -0.2) is 29.3 Å². The van der Waals surface area contributed by atoms with E-state index in [1.165, 1.54) is 0 Å². The zero-order valence-electron chi connectivity index (χ0n) is 16.1. The summed E-state index contributed by atoms with van der Waals surface area (Å²) in [5, 5.41) is 11.3. The van der Waals surface area contributed by atoms with Gasteiger partial charge in [0.2, 0.25) is 0 Å². The maximum atomic E-state index is 11.9. The fourth-order valence-electron chi connectivity index (χ4n) is 2.19. The molecule has 0 aliphatic carbocycles. The van der Waals surface area contributed by atoms with Gasteiger partial charge in [0.1, 0.15) is 5.60 Å². The molecule has 2 rings (SSSR count). The molecular weight excluding hydrogens is 364 g/mol. The van der Waals surface area contributed by atoms with Crippen LogP contribution in [0.2, 0.25) is 0 Å². The zero-order valence-corrected chi connectivity index (χ0v) is 16.9. The van der Waals surface area contributed by atoms with Crippen LogP contribution in [0.15, 0.2) is 29.6 Å². The molecule has 8 heteroatoms. The Balaban J connectivity index is 1.70. The number of hydrogen-bond acceptors (Lipinski definition) is 5. The van der Waals surface area contributed by atoms with Gasteiger partial charge >= 0.3 is 12.1 Å². The summed E-state index contributed by atoms with van der Waals surface area (Å²) in [7, 11) is 0. The summed E-state index contributed by atoms with van der Waals surface area (Å²) in [6.45, 7) is 7.95.